The minimum atomic E-state index is -0.233. The first kappa shape index (κ1) is 21.2. The smallest absolute Gasteiger partial charge is 0.239 e. The molecule has 1 N–H and O–H groups in total. The number of hydrogen-bond donors (Lipinski definition) is 1. The summed E-state index contributed by atoms with van der Waals surface area (Å²) in [6, 6.07) is 23.4. The van der Waals surface area contributed by atoms with Gasteiger partial charge < -0.3 is 14.0 Å². The van der Waals surface area contributed by atoms with Crippen molar-refractivity contribution in [2.24, 2.45) is 0 Å². The zero-order valence-electron chi connectivity index (χ0n) is 18.2. The third kappa shape index (κ3) is 4.64. The van der Waals surface area contributed by atoms with E-state index in [2.05, 4.69) is 10.5 Å². The molecule has 4 rings (SSSR count). The Morgan fingerprint density at radius 2 is 1.72 bits per heavy atom. The minimum Gasteiger partial charge on any atom is -0.497 e. The van der Waals surface area contributed by atoms with Crippen molar-refractivity contribution in [2.75, 3.05) is 12.4 Å². The highest BCUT2D eigenvalue weighted by atomic mass is 16.5. The Morgan fingerprint density at radius 3 is 2.38 bits per heavy atom. The number of nitrogens with one attached hydrogen (secondary N) is 1. The van der Waals surface area contributed by atoms with Crippen molar-refractivity contribution < 1.29 is 18.8 Å². The maximum Gasteiger partial charge on any atom is 0.239 e. The third-order valence-electron chi connectivity index (χ3n) is 5.06. The van der Waals surface area contributed by atoms with Crippen LogP contribution < -0.4 is 14.8 Å². The standard InChI is InChI=1S/C26H24N2O4/c1-17-15-22(31-16-19-7-5-4-6-8-19)13-14-23(17)25-24(26(32-28-25)27-18(2)29)20-9-11-21(30-3)12-10-20/h4-15H,16H2,1-3H3,(H,27,29). The van der Waals surface area contributed by atoms with Crippen molar-refractivity contribution in [1.29, 1.82) is 0 Å². The number of ether oxygens (including phenoxy) is 2. The molecule has 0 aliphatic rings. The van der Waals surface area contributed by atoms with Gasteiger partial charge >= 0.3 is 0 Å². The summed E-state index contributed by atoms with van der Waals surface area (Å²) in [5, 5.41) is 7.02. The van der Waals surface area contributed by atoms with Crippen LogP contribution in [0.1, 0.15) is 18.1 Å². The molecule has 0 spiro atoms. The average molecular weight is 428 g/mol. The van der Waals surface area contributed by atoms with Crippen LogP contribution in [0.4, 0.5) is 5.88 Å². The van der Waals surface area contributed by atoms with E-state index >= 15 is 0 Å². The maximum atomic E-state index is 11.7. The van der Waals surface area contributed by atoms with E-state index < -0.39 is 0 Å². The van der Waals surface area contributed by atoms with E-state index in [1.807, 2.05) is 79.7 Å². The summed E-state index contributed by atoms with van der Waals surface area (Å²) in [6.07, 6.45) is 0. The van der Waals surface area contributed by atoms with E-state index in [9.17, 15) is 4.79 Å². The third-order valence-corrected chi connectivity index (χ3v) is 5.06. The largest absolute Gasteiger partial charge is 0.497 e. The lowest BCUT2D eigenvalue weighted by Crippen LogP contribution is -2.05. The van der Waals surface area contributed by atoms with E-state index in [1.54, 1.807) is 7.11 Å². The van der Waals surface area contributed by atoms with Crippen molar-refractivity contribution in [3.8, 4) is 33.9 Å². The van der Waals surface area contributed by atoms with Crippen LogP contribution in [0.3, 0.4) is 0 Å². The molecule has 0 saturated heterocycles. The number of aryl methyl sites for hydroxylation is 1. The first-order valence-electron chi connectivity index (χ1n) is 10.2. The van der Waals surface area contributed by atoms with Crippen LogP contribution in [0.2, 0.25) is 0 Å². The molecule has 1 aromatic heterocycles. The van der Waals surface area contributed by atoms with Gasteiger partial charge in [0.1, 0.15) is 23.8 Å². The molecule has 0 bridgehead atoms. The quantitative estimate of drug-likeness (QED) is 0.399. The van der Waals surface area contributed by atoms with Crippen LogP contribution in [0.15, 0.2) is 77.3 Å². The second-order valence-corrected chi connectivity index (χ2v) is 7.40. The molecule has 0 saturated carbocycles. The van der Waals surface area contributed by atoms with E-state index in [4.69, 9.17) is 14.0 Å². The molecule has 0 aliphatic carbocycles. The summed E-state index contributed by atoms with van der Waals surface area (Å²) in [6.45, 7) is 3.92. The van der Waals surface area contributed by atoms with Crippen molar-refractivity contribution in [3.05, 3.63) is 83.9 Å². The minimum absolute atomic E-state index is 0.233. The zero-order chi connectivity index (χ0) is 22.5. The number of amides is 1. The van der Waals surface area contributed by atoms with Crippen LogP contribution in [-0.2, 0) is 11.4 Å². The topological polar surface area (TPSA) is 73.6 Å². The number of benzene rings is 3. The molecule has 1 heterocycles. The second kappa shape index (κ2) is 9.39. The highest BCUT2D eigenvalue weighted by Crippen LogP contribution is 2.40. The van der Waals surface area contributed by atoms with Gasteiger partial charge in [-0.2, -0.15) is 0 Å². The number of carbonyl (C=O) groups is 1. The SMILES string of the molecule is COc1ccc(-c2c(-c3ccc(OCc4ccccc4)cc3C)noc2NC(C)=O)cc1. The molecule has 6 nitrogen and oxygen atoms in total. The monoisotopic (exact) mass is 428 g/mol. The average Bonchev–Trinajstić information content (AvgIpc) is 3.21. The predicted octanol–water partition coefficient (Wildman–Crippen LogP) is 5.86. The summed E-state index contributed by atoms with van der Waals surface area (Å²) in [4.78, 5) is 11.7. The van der Waals surface area contributed by atoms with E-state index in [-0.39, 0.29) is 5.91 Å². The second-order valence-electron chi connectivity index (χ2n) is 7.40. The Balaban J connectivity index is 1.67. The lowest BCUT2D eigenvalue weighted by Gasteiger charge is -2.11. The Kier molecular flexibility index (Phi) is 6.22. The lowest BCUT2D eigenvalue weighted by molar-refractivity contribution is -0.114. The summed E-state index contributed by atoms with van der Waals surface area (Å²) in [5.74, 6) is 1.58. The molecule has 0 radical (unpaired) electrons. The highest BCUT2D eigenvalue weighted by molar-refractivity contribution is 5.96. The molecule has 4 aromatic rings. The summed E-state index contributed by atoms with van der Waals surface area (Å²) >= 11 is 0. The first-order valence-corrected chi connectivity index (χ1v) is 10.2. The van der Waals surface area contributed by atoms with Gasteiger partial charge in [-0.15, -0.1) is 0 Å². The van der Waals surface area contributed by atoms with E-state index in [1.165, 1.54) is 6.92 Å². The molecule has 0 aliphatic heterocycles. The van der Waals surface area contributed by atoms with Crippen LogP contribution >= 0.6 is 0 Å². The Morgan fingerprint density at radius 1 is 1.00 bits per heavy atom. The van der Waals surface area contributed by atoms with Gasteiger partial charge in [-0.1, -0.05) is 47.6 Å². The lowest BCUT2D eigenvalue weighted by atomic mass is 9.97. The van der Waals surface area contributed by atoms with E-state index in [0.29, 0.717) is 23.7 Å². The number of anilines is 1. The number of nitrogens with zero attached hydrogens (tertiary/aromatic N) is 1. The molecule has 3 aromatic carbocycles. The van der Waals surface area contributed by atoms with Crippen LogP contribution in [0, 0.1) is 6.92 Å². The molecule has 162 valence electrons. The molecule has 0 fully saturated rings. The molecule has 6 heteroatoms. The fraction of sp³-hybridized carbons (Fsp3) is 0.154. The van der Waals surface area contributed by atoms with Crippen molar-refractivity contribution in [1.82, 2.24) is 5.16 Å². The van der Waals surface area contributed by atoms with Gasteiger partial charge in [0.15, 0.2) is 0 Å². The van der Waals surface area contributed by atoms with Gasteiger partial charge in [-0.05, 0) is 53.9 Å². The number of methoxy groups -OCH3 is 1. The molecule has 32 heavy (non-hydrogen) atoms. The van der Waals surface area contributed by atoms with Crippen LogP contribution in [0.5, 0.6) is 11.5 Å². The van der Waals surface area contributed by atoms with Crippen molar-refractivity contribution >= 4 is 11.8 Å². The van der Waals surface area contributed by atoms with Gasteiger partial charge in [0.05, 0.1) is 12.7 Å². The van der Waals surface area contributed by atoms with Gasteiger partial charge in [0.2, 0.25) is 11.8 Å². The molecule has 1 amide bonds. The maximum absolute atomic E-state index is 11.7. The fourth-order valence-corrected chi connectivity index (χ4v) is 3.48. The number of hydrogen-bond acceptors (Lipinski definition) is 5. The Bertz CT molecular complexity index is 1210. The van der Waals surface area contributed by atoms with Crippen molar-refractivity contribution in [3.63, 3.8) is 0 Å². The van der Waals surface area contributed by atoms with Gasteiger partial charge in [0.25, 0.3) is 0 Å². The Hall–Kier alpha value is -4.06. The summed E-state index contributed by atoms with van der Waals surface area (Å²) < 4.78 is 16.7. The number of aromatic nitrogens is 1. The predicted molar refractivity (Wildman–Crippen MR) is 124 cm³/mol. The normalized spacial score (nSPS) is 10.6. The molecule has 0 unspecified atom stereocenters. The van der Waals surface area contributed by atoms with Crippen LogP contribution in [-0.4, -0.2) is 18.2 Å². The molecular formula is C26H24N2O4. The van der Waals surface area contributed by atoms with Crippen LogP contribution in [0.25, 0.3) is 22.4 Å². The number of carbonyl (C=O) groups excluding carboxylic acids is 1. The van der Waals surface area contributed by atoms with Gasteiger partial charge in [-0.3, -0.25) is 10.1 Å². The summed E-state index contributed by atoms with van der Waals surface area (Å²) in [5.41, 5.74) is 5.19. The first-order chi connectivity index (χ1) is 15.5. The fourth-order valence-electron chi connectivity index (χ4n) is 3.48. The van der Waals surface area contributed by atoms with Gasteiger partial charge in [0, 0.05) is 12.5 Å². The molecule has 0 atom stereocenters. The molecular weight excluding hydrogens is 404 g/mol. The zero-order valence-corrected chi connectivity index (χ0v) is 18.2. The number of rotatable bonds is 7. The summed E-state index contributed by atoms with van der Waals surface area (Å²) in [7, 11) is 1.62. The van der Waals surface area contributed by atoms with E-state index in [0.717, 1.165) is 33.8 Å². The van der Waals surface area contributed by atoms with Crippen molar-refractivity contribution in [2.45, 2.75) is 20.5 Å². The Labute approximate surface area is 186 Å². The highest BCUT2D eigenvalue weighted by Gasteiger charge is 2.22. The van der Waals surface area contributed by atoms with Gasteiger partial charge in [-0.25, -0.2) is 0 Å².